The number of para-hydroxylation sites is 1. The van der Waals surface area contributed by atoms with Crippen LogP contribution in [0.3, 0.4) is 0 Å². The standard InChI is InChI=1S/C17H18FN7O5S/c18-11-5-9(30-17(11)25-8-22-13-14(19)20-7-21-15(13)25)6-23-31(28,29)24-16(27)10-3-1-2-4-12(10)26/h1-4,7-9,11,17,23H,5-6H2,(H4,19,20,21,24,26,27)/p-1/t9-,11+,17+/m0/s1. The van der Waals surface area contributed by atoms with Gasteiger partial charge in [0.05, 0.1) is 6.10 Å². The van der Waals surface area contributed by atoms with Gasteiger partial charge >= 0.3 is 15.9 Å². The van der Waals surface area contributed by atoms with Crippen molar-refractivity contribution in [3.05, 3.63) is 42.5 Å². The number of halogens is 1. The molecule has 1 aliphatic rings. The molecular formula is C17H17FN7O5S-. The Balaban J connectivity index is 1.44. The number of nitrogen functional groups attached to an aromatic ring is 1. The topological polar surface area (TPSA) is 185 Å². The molecule has 2 aromatic heterocycles. The number of hydrogen-bond donors (Lipinski definition) is 3. The summed E-state index contributed by atoms with van der Waals surface area (Å²) in [6.45, 7) is -0.324. The summed E-state index contributed by atoms with van der Waals surface area (Å²) in [5.41, 5.74) is 6.13. The number of rotatable bonds is 6. The minimum absolute atomic E-state index is 0.106. The summed E-state index contributed by atoms with van der Waals surface area (Å²) < 4.78 is 51.0. The van der Waals surface area contributed by atoms with Gasteiger partial charge in [0.25, 0.3) is 0 Å². The first-order chi connectivity index (χ1) is 14.7. The van der Waals surface area contributed by atoms with Crippen LogP contribution in [0.25, 0.3) is 11.2 Å². The molecule has 0 unspecified atom stereocenters. The van der Waals surface area contributed by atoms with Gasteiger partial charge in [0.15, 0.2) is 24.6 Å². The maximum atomic E-state index is 14.6. The number of benzene rings is 1. The summed E-state index contributed by atoms with van der Waals surface area (Å²) >= 11 is 0. The molecule has 0 radical (unpaired) electrons. The molecule has 1 aliphatic heterocycles. The molecule has 31 heavy (non-hydrogen) atoms. The van der Waals surface area contributed by atoms with E-state index in [1.165, 1.54) is 35.4 Å². The number of nitrogens with one attached hydrogen (secondary N) is 2. The number of hydrogen-bond acceptors (Lipinski definition) is 8. The van der Waals surface area contributed by atoms with Crippen LogP contribution in [-0.4, -0.2) is 48.1 Å². The van der Waals surface area contributed by atoms with Gasteiger partial charge in [-0.3, -0.25) is 4.98 Å². The number of aromatic nitrogens is 4. The van der Waals surface area contributed by atoms with Gasteiger partial charge in [0.1, 0.15) is 0 Å². The largest absolute Gasteiger partial charge is 0.872 e. The predicted molar refractivity (Wildman–Crippen MR) is 101 cm³/mol. The van der Waals surface area contributed by atoms with Crippen LogP contribution in [0.5, 0.6) is 5.75 Å². The molecule has 3 aromatic rings. The number of nitrogens with two attached hydrogens (primary N) is 1. The van der Waals surface area contributed by atoms with Crippen LogP contribution >= 0.6 is 0 Å². The molecule has 12 nitrogen and oxygen atoms in total. The predicted octanol–water partition coefficient (Wildman–Crippen LogP) is -1.83. The first kappa shape index (κ1) is 20.9. The van der Waals surface area contributed by atoms with Crippen LogP contribution in [0.4, 0.5) is 10.2 Å². The normalized spacial score (nSPS) is 22.2. The van der Waals surface area contributed by atoms with Crippen molar-refractivity contribution in [1.29, 1.82) is 0 Å². The summed E-state index contributed by atoms with van der Waals surface area (Å²) in [6, 6.07) is 5.13. The third-order valence-electron chi connectivity index (χ3n) is 4.67. The molecule has 3 atom stereocenters. The highest BCUT2D eigenvalue weighted by Crippen LogP contribution is 2.28. The van der Waals surface area contributed by atoms with Gasteiger partial charge in [0, 0.05) is 18.9 Å². The van der Waals surface area contributed by atoms with Crippen LogP contribution in [0.1, 0.15) is 18.2 Å². The zero-order valence-electron chi connectivity index (χ0n) is 15.8. The number of imidazole rings is 1. The lowest BCUT2D eigenvalue weighted by Crippen LogP contribution is -2.43. The molecule has 4 rings (SSSR count). The van der Waals surface area contributed by atoms with Crippen LogP contribution in [0, 0.1) is 0 Å². The highest BCUT2D eigenvalue weighted by atomic mass is 32.2. The van der Waals surface area contributed by atoms with Crippen molar-refractivity contribution in [2.45, 2.75) is 24.9 Å². The SMILES string of the molecule is Nc1ncnc2c1[nH]c[n+]2[C@@H]1O[C@H](CNS(=O)(=O)N=C([O-])c2ccccc2[O-])C[C@H]1F. The maximum absolute atomic E-state index is 14.6. The molecule has 1 aromatic carbocycles. The molecule has 3 heterocycles. The molecular weight excluding hydrogens is 433 g/mol. The minimum atomic E-state index is -4.43. The fourth-order valence-electron chi connectivity index (χ4n) is 3.22. The second-order valence-electron chi connectivity index (χ2n) is 6.75. The second-order valence-corrected chi connectivity index (χ2v) is 8.18. The smallest absolute Gasteiger partial charge is 0.319 e. The summed E-state index contributed by atoms with van der Waals surface area (Å²) in [6.07, 6.45) is -0.792. The lowest BCUT2D eigenvalue weighted by atomic mass is 10.2. The Labute approximate surface area is 175 Å². The van der Waals surface area contributed by atoms with E-state index in [1.807, 2.05) is 0 Å². The lowest BCUT2D eigenvalue weighted by Gasteiger charge is -2.18. The summed E-state index contributed by atoms with van der Waals surface area (Å²) in [5, 5.41) is 23.6. The van der Waals surface area contributed by atoms with E-state index >= 15 is 0 Å². The van der Waals surface area contributed by atoms with Crippen molar-refractivity contribution in [1.82, 2.24) is 19.7 Å². The molecule has 1 saturated heterocycles. The highest BCUT2D eigenvalue weighted by Gasteiger charge is 2.40. The van der Waals surface area contributed by atoms with Gasteiger partial charge in [-0.2, -0.15) is 22.5 Å². The van der Waals surface area contributed by atoms with Crippen molar-refractivity contribution >= 4 is 33.1 Å². The Morgan fingerprint density at radius 1 is 1.42 bits per heavy atom. The van der Waals surface area contributed by atoms with Crippen molar-refractivity contribution in [2.75, 3.05) is 12.3 Å². The van der Waals surface area contributed by atoms with Crippen LogP contribution in [0.2, 0.25) is 0 Å². The van der Waals surface area contributed by atoms with Gasteiger partial charge in [-0.25, -0.2) is 8.96 Å². The number of nitrogens with zero attached hydrogens (tertiary/aromatic N) is 4. The number of anilines is 1. The summed E-state index contributed by atoms with van der Waals surface area (Å²) in [4.78, 5) is 10.7. The molecule has 0 saturated carbocycles. The van der Waals surface area contributed by atoms with Crippen molar-refractivity contribution in [3.8, 4) is 5.75 Å². The van der Waals surface area contributed by atoms with E-state index in [0.29, 0.717) is 11.2 Å². The number of aromatic amines is 1. The molecule has 14 heteroatoms. The Kier molecular flexibility index (Phi) is 5.43. The van der Waals surface area contributed by atoms with E-state index in [2.05, 4.69) is 24.1 Å². The second kappa shape index (κ2) is 8.05. The van der Waals surface area contributed by atoms with Gasteiger partial charge in [0.2, 0.25) is 11.7 Å². The lowest BCUT2D eigenvalue weighted by molar-refractivity contribution is -0.743. The first-order valence-corrected chi connectivity index (χ1v) is 10.5. The minimum Gasteiger partial charge on any atom is -0.872 e. The number of H-pyrrole nitrogens is 1. The molecule has 1 fully saturated rings. The Bertz CT molecular complexity index is 1250. The molecule has 0 amide bonds. The Morgan fingerprint density at radius 3 is 2.97 bits per heavy atom. The van der Waals surface area contributed by atoms with Gasteiger partial charge in [-0.1, -0.05) is 29.2 Å². The highest BCUT2D eigenvalue weighted by molar-refractivity contribution is 7.88. The average Bonchev–Trinajstić information content (AvgIpc) is 3.30. The van der Waals surface area contributed by atoms with E-state index in [4.69, 9.17) is 10.5 Å². The van der Waals surface area contributed by atoms with E-state index in [-0.39, 0.29) is 24.3 Å². The Morgan fingerprint density at radius 2 is 2.19 bits per heavy atom. The van der Waals surface area contributed by atoms with Gasteiger partial charge < -0.3 is 20.7 Å². The average molecular weight is 450 g/mol. The molecule has 0 aliphatic carbocycles. The molecule has 164 valence electrons. The summed E-state index contributed by atoms with van der Waals surface area (Å²) in [5.74, 6) is -1.65. The molecule has 0 spiro atoms. The molecule has 4 N–H and O–H groups in total. The number of alkyl halides is 1. The van der Waals surface area contributed by atoms with Crippen LogP contribution < -0.4 is 25.2 Å². The van der Waals surface area contributed by atoms with E-state index < -0.39 is 40.4 Å². The Hall–Kier alpha value is -3.36. The van der Waals surface area contributed by atoms with Gasteiger partial charge in [-0.15, -0.1) is 5.75 Å². The number of fused-ring (bicyclic) bond motifs is 1. The quantitative estimate of drug-likeness (QED) is 0.222. The van der Waals surface area contributed by atoms with Gasteiger partial charge in [-0.05, 0) is 5.56 Å². The summed E-state index contributed by atoms with van der Waals surface area (Å²) in [7, 11) is -4.43. The zero-order valence-corrected chi connectivity index (χ0v) is 16.6. The monoisotopic (exact) mass is 450 g/mol. The fraction of sp³-hybridized carbons (Fsp3) is 0.294. The van der Waals surface area contributed by atoms with Crippen molar-refractivity contribution in [2.24, 2.45) is 4.40 Å². The number of ether oxygens (including phenoxy) is 1. The third-order valence-corrected chi connectivity index (χ3v) is 5.60. The van der Waals surface area contributed by atoms with Crippen LogP contribution in [-0.2, 0) is 14.9 Å². The van der Waals surface area contributed by atoms with Crippen molar-refractivity contribution < 1.29 is 32.3 Å². The van der Waals surface area contributed by atoms with E-state index in [1.54, 1.807) is 0 Å². The van der Waals surface area contributed by atoms with E-state index in [0.717, 1.165) is 6.07 Å². The molecule has 0 bridgehead atoms. The fourth-order valence-corrected chi connectivity index (χ4v) is 4.00. The maximum Gasteiger partial charge on any atom is 0.319 e. The van der Waals surface area contributed by atoms with Crippen LogP contribution in [0.15, 0.2) is 41.3 Å². The zero-order chi connectivity index (χ0) is 22.2. The third kappa shape index (κ3) is 4.26. The first-order valence-electron chi connectivity index (χ1n) is 9.06. The van der Waals surface area contributed by atoms with E-state index in [9.17, 15) is 23.0 Å². The van der Waals surface area contributed by atoms with Crippen molar-refractivity contribution in [3.63, 3.8) is 0 Å².